The molecule has 8 heteroatoms. The lowest BCUT2D eigenvalue weighted by atomic mass is 10.0. The molecule has 2 aliphatic heterocycles. The molecule has 2 aromatic carbocycles. The van der Waals surface area contributed by atoms with Gasteiger partial charge in [-0.05, 0) is 52.6 Å². The van der Waals surface area contributed by atoms with E-state index in [1.54, 1.807) is 22.3 Å². The molecule has 3 amide bonds. The van der Waals surface area contributed by atoms with E-state index in [4.69, 9.17) is 0 Å². The number of fused-ring (bicyclic) bond motifs is 1. The van der Waals surface area contributed by atoms with Gasteiger partial charge in [0.25, 0.3) is 5.91 Å². The smallest absolute Gasteiger partial charge is 0.255 e. The van der Waals surface area contributed by atoms with Gasteiger partial charge in [0, 0.05) is 36.5 Å². The van der Waals surface area contributed by atoms with Gasteiger partial charge in [0.2, 0.25) is 11.8 Å². The minimum atomic E-state index is -0.790. The number of carbonyl (C=O) groups is 3. The fraction of sp³-hybridized carbons (Fsp3) is 0.367. The zero-order chi connectivity index (χ0) is 27.0. The summed E-state index contributed by atoms with van der Waals surface area (Å²) < 4.78 is 0. The Morgan fingerprint density at radius 1 is 1.11 bits per heavy atom. The van der Waals surface area contributed by atoms with E-state index in [-0.39, 0.29) is 36.6 Å². The molecule has 0 saturated carbocycles. The third kappa shape index (κ3) is 4.98. The second kappa shape index (κ2) is 10.7. The zero-order valence-electron chi connectivity index (χ0n) is 21.9. The molecule has 0 bridgehead atoms. The fourth-order valence-electron chi connectivity index (χ4n) is 5.51. The summed E-state index contributed by atoms with van der Waals surface area (Å²) in [5.74, 6) is -0.928. The van der Waals surface area contributed by atoms with Crippen molar-refractivity contribution in [2.45, 2.75) is 58.5 Å². The number of benzene rings is 2. The molecule has 7 nitrogen and oxygen atoms in total. The van der Waals surface area contributed by atoms with Gasteiger partial charge in [0.15, 0.2) is 0 Å². The van der Waals surface area contributed by atoms with Crippen LogP contribution in [0.5, 0.6) is 0 Å². The van der Waals surface area contributed by atoms with Crippen LogP contribution < -0.4 is 5.32 Å². The molecule has 3 atom stereocenters. The largest absolute Gasteiger partial charge is 0.391 e. The van der Waals surface area contributed by atoms with E-state index in [2.05, 4.69) is 23.7 Å². The molecule has 38 heavy (non-hydrogen) atoms. The number of aryl methyl sites for hydroxylation is 1. The van der Waals surface area contributed by atoms with Crippen LogP contribution in [0.2, 0.25) is 0 Å². The average molecular weight is 532 g/mol. The van der Waals surface area contributed by atoms with Crippen molar-refractivity contribution in [3.63, 3.8) is 0 Å². The first-order chi connectivity index (χ1) is 18.2. The molecule has 2 aliphatic rings. The normalized spacial score (nSPS) is 19.7. The highest BCUT2D eigenvalue weighted by Crippen LogP contribution is 2.31. The molecular formula is C30H33N3O4S. The number of hydrogen-bond acceptors (Lipinski definition) is 5. The second-order valence-corrected chi connectivity index (χ2v) is 11.4. The van der Waals surface area contributed by atoms with Crippen LogP contribution in [0, 0.1) is 12.8 Å². The zero-order valence-corrected chi connectivity index (χ0v) is 22.7. The molecule has 5 rings (SSSR count). The third-order valence-corrected chi connectivity index (χ3v) is 8.54. The van der Waals surface area contributed by atoms with Gasteiger partial charge in [0.1, 0.15) is 12.1 Å². The highest BCUT2D eigenvalue weighted by Gasteiger charge is 2.45. The lowest BCUT2D eigenvalue weighted by Gasteiger charge is -2.35. The van der Waals surface area contributed by atoms with Crippen LogP contribution in [0.25, 0.3) is 10.4 Å². The van der Waals surface area contributed by atoms with Crippen molar-refractivity contribution in [1.82, 2.24) is 15.1 Å². The number of aliphatic hydroxyl groups excluding tert-OH is 1. The molecule has 0 spiro atoms. The quantitative estimate of drug-likeness (QED) is 0.483. The van der Waals surface area contributed by atoms with Gasteiger partial charge >= 0.3 is 0 Å². The summed E-state index contributed by atoms with van der Waals surface area (Å²) in [5, 5.41) is 15.4. The molecule has 3 aromatic rings. The molecule has 1 fully saturated rings. The first kappa shape index (κ1) is 26.1. The van der Waals surface area contributed by atoms with Gasteiger partial charge in [-0.2, -0.15) is 0 Å². The molecule has 2 N–H and O–H groups in total. The molecule has 198 valence electrons. The van der Waals surface area contributed by atoms with Crippen molar-refractivity contribution < 1.29 is 19.5 Å². The number of carbonyl (C=O) groups excluding carboxylic acids is 3. The molecule has 3 heterocycles. The predicted octanol–water partition coefficient (Wildman–Crippen LogP) is 3.98. The summed E-state index contributed by atoms with van der Waals surface area (Å²) in [5.41, 5.74) is 4.84. The van der Waals surface area contributed by atoms with Gasteiger partial charge in [-0.1, -0.05) is 56.3 Å². The van der Waals surface area contributed by atoms with E-state index in [1.807, 2.05) is 56.3 Å². The van der Waals surface area contributed by atoms with Gasteiger partial charge < -0.3 is 20.2 Å². The van der Waals surface area contributed by atoms with E-state index in [0.717, 1.165) is 16.7 Å². The number of β-amino-alcohol motifs (C(OH)–C–C–N with tert-alkyl or cyclic N) is 1. The molecule has 1 aromatic heterocycles. The number of thiophene rings is 1. The van der Waals surface area contributed by atoms with Crippen LogP contribution in [-0.4, -0.2) is 57.4 Å². The third-order valence-electron chi connectivity index (χ3n) is 7.48. The summed E-state index contributed by atoms with van der Waals surface area (Å²) in [6.07, 6.45) is -0.616. The highest BCUT2D eigenvalue weighted by molar-refractivity contribution is 7.13. The minimum Gasteiger partial charge on any atom is -0.391 e. The van der Waals surface area contributed by atoms with E-state index >= 15 is 0 Å². The van der Waals surface area contributed by atoms with Gasteiger partial charge in [-0.15, -0.1) is 11.3 Å². The standard InChI is InChI=1S/C30H33N3O4S/c1-18(2)26(33-16-22-6-4-5-7-24(22)29(33)36)30(37)32-17-23(34)14-25(32)28(35)31-15-20-8-10-21(11-9-20)27-19(3)12-13-38-27/h4-13,18,23,25-26,34H,14-17H2,1-3H3,(H,31,35). The lowest BCUT2D eigenvalue weighted by Crippen LogP contribution is -2.55. The summed E-state index contributed by atoms with van der Waals surface area (Å²) in [4.78, 5) is 44.5. The van der Waals surface area contributed by atoms with Crippen molar-refractivity contribution >= 4 is 29.1 Å². The Morgan fingerprint density at radius 2 is 1.84 bits per heavy atom. The molecule has 0 aliphatic carbocycles. The topological polar surface area (TPSA) is 89.9 Å². The molecular weight excluding hydrogens is 498 g/mol. The van der Waals surface area contributed by atoms with Crippen LogP contribution >= 0.6 is 11.3 Å². The Balaban J connectivity index is 1.27. The van der Waals surface area contributed by atoms with Gasteiger partial charge in [-0.3, -0.25) is 14.4 Å². The summed E-state index contributed by atoms with van der Waals surface area (Å²) in [6, 6.07) is 16.1. The molecule has 1 saturated heterocycles. The Morgan fingerprint density at radius 3 is 2.50 bits per heavy atom. The van der Waals surface area contributed by atoms with E-state index in [1.165, 1.54) is 15.3 Å². The number of likely N-dealkylation sites (tertiary alicyclic amines) is 1. The van der Waals surface area contributed by atoms with Crippen LogP contribution in [0.4, 0.5) is 0 Å². The number of rotatable bonds is 7. The van der Waals surface area contributed by atoms with E-state index < -0.39 is 18.2 Å². The Bertz CT molecular complexity index is 1350. The number of amides is 3. The number of aliphatic hydroxyl groups is 1. The average Bonchev–Trinajstić information content (AvgIpc) is 3.60. The molecule has 3 unspecified atom stereocenters. The maximum absolute atomic E-state index is 13.8. The summed E-state index contributed by atoms with van der Waals surface area (Å²) in [6.45, 7) is 6.65. The monoisotopic (exact) mass is 531 g/mol. The van der Waals surface area contributed by atoms with Crippen molar-refractivity contribution in [2.24, 2.45) is 5.92 Å². The van der Waals surface area contributed by atoms with E-state index in [9.17, 15) is 19.5 Å². The van der Waals surface area contributed by atoms with Gasteiger partial charge in [-0.25, -0.2) is 0 Å². The minimum absolute atomic E-state index is 0.0734. The first-order valence-electron chi connectivity index (χ1n) is 13.0. The number of nitrogens with zero attached hydrogens (tertiary/aromatic N) is 2. The van der Waals surface area contributed by atoms with E-state index in [0.29, 0.717) is 18.7 Å². The first-order valence-corrected chi connectivity index (χ1v) is 13.9. The fourth-order valence-corrected chi connectivity index (χ4v) is 6.44. The van der Waals surface area contributed by atoms with Crippen molar-refractivity contribution in [3.05, 3.63) is 82.2 Å². The Kier molecular flexibility index (Phi) is 7.36. The summed E-state index contributed by atoms with van der Waals surface area (Å²) >= 11 is 1.70. The maximum Gasteiger partial charge on any atom is 0.255 e. The van der Waals surface area contributed by atoms with Crippen LogP contribution in [0.3, 0.4) is 0 Å². The number of nitrogens with one attached hydrogen (secondary N) is 1. The van der Waals surface area contributed by atoms with Crippen LogP contribution in [0.1, 0.15) is 47.3 Å². The number of hydrogen-bond donors (Lipinski definition) is 2. The highest BCUT2D eigenvalue weighted by atomic mass is 32.1. The second-order valence-electron chi connectivity index (χ2n) is 10.5. The van der Waals surface area contributed by atoms with Crippen LogP contribution in [-0.2, 0) is 22.7 Å². The van der Waals surface area contributed by atoms with Crippen molar-refractivity contribution in [2.75, 3.05) is 6.54 Å². The van der Waals surface area contributed by atoms with Gasteiger partial charge in [0.05, 0.1) is 6.10 Å². The van der Waals surface area contributed by atoms with Crippen molar-refractivity contribution in [1.29, 1.82) is 0 Å². The Hall–Kier alpha value is -3.49. The predicted molar refractivity (Wildman–Crippen MR) is 147 cm³/mol. The maximum atomic E-state index is 13.8. The molecule has 0 radical (unpaired) electrons. The summed E-state index contributed by atoms with van der Waals surface area (Å²) in [7, 11) is 0. The Labute approximate surface area is 227 Å². The van der Waals surface area contributed by atoms with Crippen LogP contribution in [0.15, 0.2) is 60.0 Å². The SMILES string of the molecule is Cc1ccsc1-c1ccc(CNC(=O)C2CC(O)CN2C(=O)C(C(C)C)N2Cc3ccccc3C2=O)cc1. The lowest BCUT2D eigenvalue weighted by molar-refractivity contribution is -0.143. The van der Waals surface area contributed by atoms with Crippen molar-refractivity contribution in [3.8, 4) is 10.4 Å².